The smallest absolute Gasteiger partial charge is 0.0862 e. The summed E-state index contributed by atoms with van der Waals surface area (Å²) in [6, 6.07) is 57.3. The molecule has 1 aliphatic carbocycles. The van der Waals surface area contributed by atoms with Gasteiger partial charge in [0.2, 0.25) is 0 Å². The van der Waals surface area contributed by atoms with Gasteiger partial charge in [-0.15, -0.1) is 0 Å². The number of para-hydroxylation sites is 2. The number of aromatic nitrogens is 4. The van der Waals surface area contributed by atoms with E-state index in [1.807, 2.05) is 30.9 Å². The molecule has 268 valence electrons. The molecule has 5 heteroatoms. The molecule has 0 amide bonds. The van der Waals surface area contributed by atoms with E-state index in [4.69, 9.17) is 9.98 Å². The summed E-state index contributed by atoms with van der Waals surface area (Å²) in [6.45, 7) is 0. The third kappa shape index (κ3) is 4.48. The number of hydrogen-bond donors (Lipinski definition) is 0. The molecule has 10 aromatic rings. The predicted molar refractivity (Wildman–Crippen MR) is 234 cm³/mol. The van der Waals surface area contributed by atoms with Gasteiger partial charge in [-0.25, -0.2) is 0 Å². The van der Waals surface area contributed by atoms with Crippen LogP contribution in [0, 0.1) is 0 Å². The van der Waals surface area contributed by atoms with E-state index in [9.17, 15) is 0 Å². The van der Waals surface area contributed by atoms with Gasteiger partial charge in [0.1, 0.15) is 0 Å². The van der Waals surface area contributed by atoms with Gasteiger partial charge in [-0.3, -0.25) is 15.0 Å². The van der Waals surface area contributed by atoms with Crippen LogP contribution in [0.5, 0.6) is 0 Å². The zero-order valence-corrected chi connectivity index (χ0v) is 31.0. The fourth-order valence-electron chi connectivity index (χ4n) is 9.99. The molecule has 0 bridgehead atoms. The van der Waals surface area contributed by atoms with Gasteiger partial charge in [0.05, 0.1) is 45.4 Å². The highest BCUT2D eigenvalue weighted by atomic mass is 15.0. The first kappa shape index (κ1) is 31.9. The third-order valence-electron chi connectivity index (χ3n) is 12.4. The minimum atomic E-state index is -0.546. The molecule has 5 nitrogen and oxygen atoms in total. The molecule has 1 aliphatic heterocycles. The van der Waals surface area contributed by atoms with Gasteiger partial charge >= 0.3 is 0 Å². The maximum absolute atomic E-state index is 5.18. The fraction of sp³-hybridized carbons (Fsp3) is 0.0577. The van der Waals surface area contributed by atoms with E-state index >= 15 is 0 Å². The zero-order valence-electron chi connectivity index (χ0n) is 31.0. The lowest BCUT2D eigenvalue weighted by molar-refractivity contribution is 0.477. The second-order valence-electron chi connectivity index (χ2n) is 15.1. The minimum Gasteiger partial charge on any atom is -0.309 e. The molecule has 0 N–H and O–H groups in total. The van der Waals surface area contributed by atoms with Crippen LogP contribution < -0.4 is 0 Å². The molecule has 57 heavy (non-hydrogen) atoms. The van der Waals surface area contributed by atoms with Crippen LogP contribution >= 0.6 is 0 Å². The molecule has 0 saturated carbocycles. The Morgan fingerprint density at radius 2 is 1.19 bits per heavy atom. The maximum atomic E-state index is 5.18. The molecule has 0 radical (unpaired) electrons. The maximum Gasteiger partial charge on any atom is 0.0862 e. The van der Waals surface area contributed by atoms with Gasteiger partial charge in [0.25, 0.3) is 0 Å². The molecule has 6 aromatic carbocycles. The predicted octanol–water partition coefficient (Wildman–Crippen LogP) is 12.1. The zero-order chi connectivity index (χ0) is 37.5. The summed E-state index contributed by atoms with van der Waals surface area (Å²) in [5.74, 6) is 0. The summed E-state index contributed by atoms with van der Waals surface area (Å²) < 4.78 is 4.78. The van der Waals surface area contributed by atoms with E-state index in [0.29, 0.717) is 0 Å². The standard InChI is InChI=1S/C52H35N5/c1-4-14-43-42(13-1)50-44(52(43,48-17-7-9-30-54-48)49-18-8-10-31-55-49)28-27-41-39-12-3-6-16-46(39)57(51(41)50)37-25-21-35(22-26-37)34-19-23-36(24-20-34)56-45-15-5-2-11-38(45)40-29-32-53-33-47(40)56/h1-17,19-33,49H,18H2. The van der Waals surface area contributed by atoms with Crippen molar-refractivity contribution in [2.24, 2.45) is 4.99 Å². The number of aliphatic imine (C=N–C) groups is 1. The summed E-state index contributed by atoms with van der Waals surface area (Å²) in [6.07, 6.45) is 12.9. The van der Waals surface area contributed by atoms with Crippen molar-refractivity contribution in [3.05, 3.63) is 205 Å². The van der Waals surface area contributed by atoms with Crippen molar-refractivity contribution in [2.75, 3.05) is 0 Å². The van der Waals surface area contributed by atoms with Gasteiger partial charge in [0.15, 0.2) is 0 Å². The largest absolute Gasteiger partial charge is 0.309 e. The number of benzene rings is 6. The van der Waals surface area contributed by atoms with Gasteiger partial charge in [-0.2, -0.15) is 0 Å². The van der Waals surface area contributed by atoms with E-state index in [-0.39, 0.29) is 6.04 Å². The molecule has 0 saturated heterocycles. The first-order chi connectivity index (χ1) is 28.3. The first-order valence-electron chi connectivity index (χ1n) is 19.6. The van der Waals surface area contributed by atoms with Gasteiger partial charge in [0, 0.05) is 57.1 Å². The van der Waals surface area contributed by atoms with Crippen LogP contribution in [0.2, 0.25) is 0 Å². The highest BCUT2D eigenvalue weighted by Crippen LogP contribution is 2.58. The van der Waals surface area contributed by atoms with E-state index < -0.39 is 5.41 Å². The Morgan fingerprint density at radius 3 is 1.93 bits per heavy atom. The van der Waals surface area contributed by atoms with Crippen LogP contribution in [0.25, 0.3) is 77.2 Å². The fourth-order valence-corrected chi connectivity index (χ4v) is 9.99. The Morgan fingerprint density at radius 1 is 0.526 bits per heavy atom. The number of allylic oxidation sites excluding steroid dienone is 1. The summed E-state index contributed by atoms with van der Waals surface area (Å²) in [5, 5.41) is 4.92. The van der Waals surface area contributed by atoms with Gasteiger partial charge in [-0.1, -0.05) is 109 Å². The SMILES string of the molecule is C1=CCC(C2(c3ccccn3)c3ccccc3-c3c2ccc2c4ccccc4n(-c4ccc(-c5ccc(-n6c7ccccc7c7ccncc76)cc5)cc4)c32)N=C1. The van der Waals surface area contributed by atoms with Crippen molar-refractivity contribution in [2.45, 2.75) is 17.9 Å². The van der Waals surface area contributed by atoms with Crippen molar-refractivity contribution < 1.29 is 0 Å². The third-order valence-corrected chi connectivity index (χ3v) is 12.4. The van der Waals surface area contributed by atoms with E-state index in [1.54, 1.807) is 0 Å². The second-order valence-corrected chi connectivity index (χ2v) is 15.1. The first-order valence-corrected chi connectivity index (χ1v) is 19.6. The van der Waals surface area contributed by atoms with Crippen molar-refractivity contribution >= 4 is 49.8 Å². The topological polar surface area (TPSA) is 48.0 Å². The van der Waals surface area contributed by atoms with E-state index in [0.717, 1.165) is 29.0 Å². The Labute approximate surface area is 329 Å². The molecule has 4 aromatic heterocycles. The summed E-state index contributed by atoms with van der Waals surface area (Å²) in [7, 11) is 0. The highest BCUT2D eigenvalue weighted by Gasteiger charge is 2.52. The second kappa shape index (κ2) is 12.3. The number of pyridine rings is 2. The molecule has 0 fully saturated rings. The molecule has 2 atom stereocenters. The average molecular weight is 730 g/mol. The molecule has 2 unspecified atom stereocenters. The van der Waals surface area contributed by atoms with Gasteiger partial charge < -0.3 is 9.13 Å². The summed E-state index contributed by atoms with van der Waals surface area (Å²) in [4.78, 5) is 14.7. The van der Waals surface area contributed by atoms with Crippen LogP contribution in [0.3, 0.4) is 0 Å². The summed E-state index contributed by atoms with van der Waals surface area (Å²) >= 11 is 0. The molecule has 12 rings (SSSR count). The van der Waals surface area contributed by atoms with E-state index in [2.05, 4.69) is 178 Å². The molecular weight excluding hydrogens is 695 g/mol. The lowest BCUT2D eigenvalue weighted by atomic mass is 9.68. The minimum absolute atomic E-state index is 0.0348. The molecule has 5 heterocycles. The number of dihydropyridines is 1. The van der Waals surface area contributed by atoms with Crippen LogP contribution in [-0.2, 0) is 5.41 Å². The Kier molecular flexibility index (Phi) is 6.90. The van der Waals surface area contributed by atoms with Crippen LogP contribution in [0.15, 0.2) is 193 Å². The molecule has 0 spiro atoms. The number of nitrogens with zero attached hydrogens (tertiary/aromatic N) is 5. The molecular formula is C52H35N5. The van der Waals surface area contributed by atoms with Crippen molar-refractivity contribution in [1.82, 2.24) is 19.1 Å². The van der Waals surface area contributed by atoms with Crippen molar-refractivity contribution in [3.63, 3.8) is 0 Å². The van der Waals surface area contributed by atoms with Crippen LogP contribution in [0.1, 0.15) is 23.2 Å². The van der Waals surface area contributed by atoms with E-state index in [1.165, 1.54) is 71.5 Å². The average Bonchev–Trinajstić information content (AvgIpc) is 3.92. The normalized spacial score (nSPS) is 17.2. The van der Waals surface area contributed by atoms with Crippen molar-refractivity contribution in [3.8, 4) is 33.6 Å². The quantitative estimate of drug-likeness (QED) is 0.177. The number of rotatable bonds is 5. The lowest BCUT2D eigenvalue weighted by Crippen LogP contribution is -2.40. The Bertz CT molecular complexity index is 3210. The summed E-state index contributed by atoms with van der Waals surface area (Å²) in [5.41, 5.74) is 14.8. The Balaban J connectivity index is 1.02. The molecule has 2 aliphatic rings. The number of fused-ring (bicyclic) bond motifs is 10. The van der Waals surface area contributed by atoms with Crippen molar-refractivity contribution in [1.29, 1.82) is 0 Å². The van der Waals surface area contributed by atoms with Crippen LogP contribution in [0.4, 0.5) is 0 Å². The number of hydrogen-bond acceptors (Lipinski definition) is 3. The lowest BCUT2D eigenvalue weighted by Gasteiger charge is -2.37. The van der Waals surface area contributed by atoms with Gasteiger partial charge in [-0.05, 0) is 94.9 Å². The highest BCUT2D eigenvalue weighted by molar-refractivity contribution is 6.16. The monoisotopic (exact) mass is 729 g/mol. The van der Waals surface area contributed by atoms with Crippen LogP contribution in [-0.4, -0.2) is 31.4 Å². The Hall–Kier alpha value is -7.37.